The molecular weight excluding hydrogens is 238 g/mol. The van der Waals surface area contributed by atoms with Gasteiger partial charge in [-0.1, -0.05) is 6.07 Å². The number of benzene rings is 1. The van der Waals surface area contributed by atoms with Crippen molar-refractivity contribution in [3.8, 4) is 0 Å². The third-order valence-corrected chi connectivity index (χ3v) is 2.94. The molecule has 1 atom stereocenters. The zero-order valence-electron chi connectivity index (χ0n) is 8.81. The van der Waals surface area contributed by atoms with E-state index in [0.29, 0.717) is 19.0 Å². The molecule has 0 saturated carbocycles. The number of aliphatic hydroxyl groups is 1. The summed E-state index contributed by atoms with van der Waals surface area (Å²) in [5.74, 6) is -1.32. The highest BCUT2D eigenvalue weighted by Crippen LogP contribution is 2.35. The van der Waals surface area contributed by atoms with Gasteiger partial charge in [0.1, 0.15) is 11.4 Å². The standard InChI is InChI=1S/C11H11F4NO/c12-9-2-1-7(5-8(9)11(13,14)15)10(17)3-4-16-6-10/h1-2,5,16-17H,3-4,6H2. The molecule has 2 rings (SSSR count). The molecule has 1 heterocycles. The molecule has 1 aromatic carbocycles. The molecule has 17 heavy (non-hydrogen) atoms. The third-order valence-electron chi connectivity index (χ3n) is 2.94. The van der Waals surface area contributed by atoms with Crippen LogP contribution >= 0.6 is 0 Å². The molecule has 1 aliphatic rings. The highest BCUT2D eigenvalue weighted by molar-refractivity contribution is 5.32. The van der Waals surface area contributed by atoms with E-state index in [1.54, 1.807) is 0 Å². The predicted octanol–water partition coefficient (Wildman–Crippen LogP) is 2.03. The summed E-state index contributed by atoms with van der Waals surface area (Å²) < 4.78 is 50.6. The molecule has 94 valence electrons. The predicted molar refractivity (Wildman–Crippen MR) is 52.8 cm³/mol. The molecule has 6 heteroatoms. The molecule has 0 bridgehead atoms. The van der Waals surface area contributed by atoms with E-state index in [1.807, 2.05) is 0 Å². The highest BCUT2D eigenvalue weighted by Gasteiger charge is 2.38. The molecule has 0 aromatic heterocycles. The molecule has 1 saturated heterocycles. The molecule has 2 nitrogen and oxygen atoms in total. The van der Waals surface area contributed by atoms with Gasteiger partial charge < -0.3 is 10.4 Å². The SMILES string of the molecule is OC1(c2ccc(F)c(C(F)(F)F)c2)CCNC1. The first-order chi connectivity index (χ1) is 7.83. The lowest BCUT2D eigenvalue weighted by Gasteiger charge is -2.23. The van der Waals surface area contributed by atoms with Crippen molar-refractivity contribution in [2.24, 2.45) is 0 Å². The van der Waals surface area contributed by atoms with Gasteiger partial charge in [0.2, 0.25) is 0 Å². The Kier molecular flexibility index (Phi) is 2.87. The monoisotopic (exact) mass is 249 g/mol. The number of β-amino-alcohol motifs (C(OH)–C–C–N with tert-alkyl or cyclic N) is 1. The van der Waals surface area contributed by atoms with E-state index in [1.165, 1.54) is 6.07 Å². The van der Waals surface area contributed by atoms with Gasteiger partial charge in [0, 0.05) is 6.54 Å². The van der Waals surface area contributed by atoms with E-state index in [0.717, 1.165) is 6.07 Å². The minimum atomic E-state index is -4.75. The molecule has 1 unspecified atom stereocenters. The Bertz CT molecular complexity index is 424. The second kappa shape index (κ2) is 3.96. The van der Waals surface area contributed by atoms with Crippen LogP contribution < -0.4 is 5.32 Å². The van der Waals surface area contributed by atoms with E-state index >= 15 is 0 Å². The van der Waals surface area contributed by atoms with Crippen molar-refractivity contribution in [1.29, 1.82) is 0 Å². The fourth-order valence-corrected chi connectivity index (χ4v) is 1.96. The van der Waals surface area contributed by atoms with Crippen molar-refractivity contribution in [3.05, 3.63) is 35.1 Å². The van der Waals surface area contributed by atoms with Crippen molar-refractivity contribution in [2.45, 2.75) is 18.2 Å². The fraction of sp³-hybridized carbons (Fsp3) is 0.455. The largest absolute Gasteiger partial charge is 0.419 e. The van der Waals surface area contributed by atoms with Crippen LogP contribution in [-0.2, 0) is 11.8 Å². The Morgan fingerprint density at radius 3 is 2.53 bits per heavy atom. The van der Waals surface area contributed by atoms with Crippen LogP contribution in [0.15, 0.2) is 18.2 Å². The van der Waals surface area contributed by atoms with E-state index < -0.39 is 23.2 Å². The topological polar surface area (TPSA) is 32.3 Å². The number of alkyl halides is 3. The zero-order chi connectivity index (χ0) is 12.7. The molecular formula is C11H11F4NO. The van der Waals surface area contributed by atoms with Crippen LogP contribution in [0.25, 0.3) is 0 Å². The van der Waals surface area contributed by atoms with Crippen LogP contribution in [0.1, 0.15) is 17.5 Å². The van der Waals surface area contributed by atoms with Crippen LogP contribution in [0, 0.1) is 5.82 Å². The molecule has 0 spiro atoms. The Morgan fingerprint density at radius 2 is 2.00 bits per heavy atom. The number of halogens is 4. The summed E-state index contributed by atoms with van der Waals surface area (Å²) >= 11 is 0. The van der Waals surface area contributed by atoms with Crippen LogP contribution in [0.2, 0.25) is 0 Å². The second-order valence-electron chi connectivity index (χ2n) is 4.15. The average Bonchev–Trinajstić information content (AvgIpc) is 2.65. The van der Waals surface area contributed by atoms with Crippen LogP contribution in [-0.4, -0.2) is 18.2 Å². The number of hydrogen-bond donors (Lipinski definition) is 2. The van der Waals surface area contributed by atoms with E-state index in [4.69, 9.17) is 0 Å². The first-order valence-electron chi connectivity index (χ1n) is 5.13. The van der Waals surface area contributed by atoms with Crippen molar-refractivity contribution in [3.63, 3.8) is 0 Å². The zero-order valence-corrected chi connectivity index (χ0v) is 8.81. The number of hydrogen-bond acceptors (Lipinski definition) is 2. The van der Waals surface area contributed by atoms with E-state index in [2.05, 4.69) is 5.32 Å². The smallest absolute Gasteiger partial charge is 0.384 e. The van der Waals surface area contributed by atoms with Gasteiger partial charge in [-0.15, -0.1) is 0 Å². The summed E-state index contributed by atoms with van der Waals surface area (Å²) in [7, 11) is 0. The normalized spacial score (nSPS) is 25.2. The van der Waals surface area contributed by atoms with Gasteiger partial charge in [0.25, 0.3) is 0 Å². The Balaban J connectivity index is 2.44. The maximum absolute atomic E-state index is 13.1. The lowest BCUT2D eigenvalue weighted by atomic mass is 9.91. The maximum atomic E-state index is 13.1. The Morgan fingerprint density at radius 1 is 1.29 bits per heavy atom. The fourth-order valence-electron chi connectivity index (χ4n) is 1.96. The Labute approximate surface area is 95.3 Å². The minimum Gasteiger partial charge on any atom is -0.384 e. The van der Waals surface area contributed by atoms with Crippen LogP contribution in [0.4, 0.5) is 17.6 Å². The van der Waals surface area contributed by atoms with Crippen molar-refractivity contribution in [1.82, 2.24) is 5.32 Å². The van der Waals surface area contributed by atoms with Gasteiger partial charge in [-0.2, -0.15) is 13.2 Å². The maximum Gasteiger partial charge on any atom is 0.419 e. The lowest BCUT2D eigenvalue weighted by molar-refractivity contribution is -0.140. The molecule has 0 aliphatic carbocycles. The first-order valence-corrected chi connectivity index (χ1v) is 5.13. The molecule has 1 aromatic rings. The molecule has 0 amide bonds. The van der Waals surface area contributed by atoms with E-state index in [-0.39, 0.29) is 12.1 Å². The summed E-state index contributed by atoms with van der Waals surface area (Å²) in [6.07, 6.45) is -4.43. The third kappa shape index (κ3) is 2.28. The van der Waals surface area contributed by atoms with E-state index in [9.17, 15) is 22.7 Å². The first kappa shape index (κ1) is 12.3. The quantitative estimate of drug-likeness (QED) is 0.746. The molecule has 0 radical (unpaired) electrons. The van der Waals surface area contributed by atoms with Gasteiger partial charge in [-0.3, -0.25) is 0 Å². The Hall–Kier alpha value is -1.14. The van der Waals surface area contributed by atoms with Crippen LogP contribution in [0.5, 0.6) is 0 Å². The van der Waals surface area contributed by atoms with Crippen molar-refractivity contribution < 1.29 is 22.7 Å². The number of rotatable bonds is 1. The van der Waals surface area contributed by atoms with Crippen LogP contribution in [0.3, 0.4) is 0 Å². The van der Waals surface area contributed by atoms with Crippen molar-refractivity contribution in [2.75, 3.05) is 13.1 Å². The van der Waals surface area contributed by atoms with Gasteiger partial charge in [-0.05, 0) is 30.7 Å². The molecule has 1 fully saturated rings. The van der Waals surface area contributed by atoms with Gasteiger partial charge in [-0.25, -0.2) is 4.39 Å². The second-order valence-corrected chi connectivity index (χ2v) is 4.15. The molecule has 1 aliphatic heterocycles. The minimum absolute atomic E-state index is 0.0937. The number of nitrogens with one attached hydrogen (secondary N) is 1. The summed E-state index contributed by atoms with van der Waals surface area (Å²) in [5, 5.41) is 13.0. The van der Waals surface area contributed by atoms with Gasteiger partial charge >= 0.3 is 6.18 Å². The summed E-state index contributed by atoms with van der Waals surface area (Å²) in [4.78, 5) is 0. The molecule has 2 N–H and O–H groups in total. The summed E-state index contributed by atoms with van der Waals surface area (Å²) in [5.41, 5.74) is -2.58. The van der Waals surface area contributed by atoms with Gasteiger partial charge in [0.15, 0.2) is 0 Å². The summed E-state index contributed by atoms with van der Waals surface area (Å²) in [6.45, 7) is 0.700. The average molecular weight is 249 g/mol. The van der Waals surface area contributed by atoms with Crippen molar-refractivity contribution >= 4 is 0 Å². The lowest BCUT2D eigenvalue weighted by Crippen LogP contribution is -2.28. The van der Waals surface area contributed by atoms with Gasteiger partial charge in [0.05, 0.1) is 5.56 Å². The summed E-state index contributed by atoms with van der Waals surface area (Å²) in [6, 6.07) is 2.62. The highest BCUT2D eigenvalue weighted by atomic mass is 19.4.